The molecule has 0 aliphatic carbocycles. The Labute approximate surface area is 131 Å². The molecule has 2 aliphatic heterocycles. The molecule has 0 radical (unpaired) electrons. The summed E-state index contributed by atoms with van der Waals surface area (Å²) in [5, 5.41) is 1.28. The molecular weight excluding hydrogens is 302 g/mol. The van der Waals surface area contributed by atoms with Gasteiger partial charge in [0.05, 0.1) is 13.2 Å². The van der Waals surface area contributed by atoms with Crippen LogP contribution in [0.4, 0.5) is 0 Å². The van der Waals surface area contributed by atoms with E-state index >= 15 is 0 Å². The van der Waals surface area contributed by atoms with Gasteiger partial charge in [-0.1, -0.05) is 29.8 Å². The lowest BCUT2D eigenvalue weighted by Gasteiger charge is -2.36. The molecule has 1 spiro atoms. The minimum atomic E-state index is -3.40. The second kappa shape index (κ2) is 6.12. The smallest absolute Gasteiger partial charge is 0.236 e. The molecule has 3 rings (SSSR count). The first-order chi connectivity index (χ1) is 10.5. The summed E-state index contributed by atoms with van der Waals surface area (Å²) >= 11 is 0. The summed E-state index contributed by atoms with van der Waals surface area (Å²) in [6.45, 7) is 4.06. The predicted octanol–water partition coefficient (Wildman–Crippen LogP) is 2.13. The fourth-order valence-corrected chi connectivity index (χ4v) is 3.99. The van der Waals surface area contributed by atoms with Gasteiger partial charge >= 0.3 is 0 Å². The molecule has 120 valence electrons. The molecule has 0 N–H and O–H groups in total. The van der Waals surface area contributed by atoms with E-state index in [9.17, 15) is 8.42 Å². The summed E-state index contributed by atoms with van der Waals surface area (Å²) in [5.41, 5.74) is 2.03. The van der Waals surface area contributed by atoms with Gasteiger partial charge < -0.3 is 9.47 Å². The lowest BCUT2D eigenvalue weighted by atomic mass is 10.1. The molecule has 1 aromatic rings. The Morgan fingerprint density at radius 2 is 1.68 bits per heavy atom. The maximum absolute atomic E-state index is 12.4. The molecular formula is C16H21NO4S. The predicted molar refractivity (Wildman–Crippen MR) is 84.6 cm³/mol. The van der Waals surface area contributed by atoms with Crippen molar-refractivity contribution in [3.63, 3.8) is 0 Å². The van der Waals surface area contributed by atoms with Gasteiger partial charge in [0.15, 0.2) is 5.79 Å². The highest BCUT2D eigenvalue weighted by atomic mass is 32.2. The molecule has 2 fully saturated rings. The Balaban J connectivity index is 1.65. The van der Waals surface area contributed by atoms with Crippen molar-refractivity contribution in [1.29, 1.82) is 0 Å². The monoisotopic (exact) mass is 323 g/mol. The molecule has 0 aromatic heterocycles. The number of sulfonamides is 1. The highest BCUT2D eigenvalue weighted by molar-refractivity contribution is 7.92. The molecule has 0 saturated carbocycles. The van der Waals surface area contributed by atoms with Gasteiger partial charge in [-0.15, -0.1) is 0 Å². The zero-order valence-corrected chi connectivity index (χ0v) is 13.5. The van der Waals surface area contributed by atoms with Crippen LogP contribution >= 0.6 is 0 Å². The molecule has 0 unspecified atom stereocenters. The van der Waals surface area contributed by atoms with Gasteiger partial charge in [-0.2, -0.15) is 4.31 Å². The van der Waals surface area contributed by atoms with E-state index in [4.69, 9.17) is 9.47 Å². The third-order valence-corrected chi connectivity index (χ3v) is 5.73. The minimum Gasteiger partial charge on any atom is -0.347 e. The summed E-state index contributed by atoms with van der Waals surface area (Å²) in [7, 11) is -3.40. The first-order valence-corrected chi connectivity index (χ1v) is 9.02. The number of aryl methyl sites for hydroxylation is 1. The second-order valence-electron chi connectivity index (χ2n) is 5.77. The number of ether oxygens (including phenoxy) is 2. The summed E-state index contributed by atoms with van der Waals surface area (Å²) < 4.78 is 37.5. The lowest BCUT2D eigenvalue weighted by molar-refractivity contribution is -0.179. The first kappa shape index (κ1) is 15.7. The van der Waals surface area contributed by atoms with Crippen LogP contribution in [0.5, 0.6) is 0 Å². The SMILES string of the molecule is Cc1ccc(/C=C/S(=O)(=O)N2CCC3(CC2)OCCO3)cc1. The topological polar surface area (TPSA) is 55.8 Å². The molecule has 0 amide bonds. The summed E-state index contributed by atoms with van der Waals surface area (Å²) in [4.78, 5) is 0. The molecule has 0 bridgehead atoms. The van der Waals surface area contributed by atoms with Crippen molar-refractivity contribution in [2.75, 3.05) is 26.3 Å². The molecule has 2 heterocycles. The van der Waals surface area contributed by atoms with Crippen molar-refractivity contribution >= 4 is 16.1 Å². The van der Waals surface area contributed by atoms with Crippen molar-refractivity contribution in [2.24, 2.45) is 0 Å². The van der Waals surface area contributed by atoms with Crippen LogP contribution in [0.2, 0.25) is 0 Å². The van der Waals surface area contributed by atoms with Crippen LogP contribution in [-0.4, -0.2) is 44.8 Å². The van der Waals surface area contributed by atoms with E-state index < -0.39 is 15.8 Å². The van der Waals surface area contributed by atoms with Gasteiger partial charge in [-0.3, -0.25) is 0 Å². The van der Waals surface area contributed by atoms with Crippen LogP contribution in [0, 0.1) is 6.92 Å². The molecule has 2 aliphatic rings. The molecule has 6 heteroatoms. The third kappa shape index (κ3) is 3.41. The minimum absolute atomic E-state index is 0.431. The van der Waals surface area contributed by atoms with Crippen molar-refractivity contribution in [3.8, 4) is 0 Å². The van der Waals surface area contributed by atoms with Crippen molar-refractivity contribution in [3.05, 3.63) is 40.8 Å². The average Bonchev–Trinajstić information content (AvgIpc) is 2.95. The van der Waals surface area contributed by atoms with Crippen LogP contribution in [-0.2, 0) is 19.5 Å². The molecule has 1 aromatic carbocycles. The quantitative estimate of drug-likeness (QED) is 0.855. The maximum Gasteiger partial charge on any atom is 0.236 e. The summed E-state index contributed by atoms with van der Waals surface area (Å²) in [6, 6.07) is 7.75. The fourth-order valence-electron chi connectivity index (χ4n) is 2.80. The molecule has 2 saturated heterocycles. The number of hydrogen-bond donors (Lipinski definition) is 0. The molecule has 5 nitrogen and oxygen atoms in total. The lowest BCUT2D eigenvalue weighted by Crippen LogP contribution is -2.46. The fraction of sp³-hybridized carbons (Fsp3) is 0.500. The van der Waals surface area contributed by atoms with Crippen LogP contribution < -0.4 is 0 Å². The highest BCUT2D eigenvalue weighted by Crippen LogP contribution is 2.32. The van der Waals surface area contributed by atoms with E-state index in [0.717, 1.165) is 11.1 Å². The summed E-state index contributed by atoms with van der Waals surface area (Å²) in [6.07, 6.45) is 2.82. The van der Waals surface area contributed by atoms with E-state index in [2.05, 4.69) is 0 Å². The Hall–Kier alpha value is -1.21. The van der Waals surface area contributed by atoms with Crippen LogP contribution in [0.1, 0.15) is 24.0 Å². The van der Waals surface area contributed by atoms with E-state index in [1.165, 1.54) is 9.71 Å². The molecule has 0 atom stereocenters. The van der Waals surface area contributed by atoms with Gasteiger partial charge in [-0.25, -0.2) is 8.42 Å². The maximum atomic E-state index is 12.4. The van der Waals surface area contributed by atoms with Gasteiger partial charge in [0, 0.05) is 31.3 Å². The van der Waals surface area contributed by atoms with Crippen LogP contribution in [0.15, 0.2) is 29.7 Å². The Bertz CT molecular complexity index is 635. The van der Waals surface area contributed by atoms with Crippen molar-refractivity contribution < 1.29 is 17.9 Å². The van der Waals surface area contributed by atoms with Crippen molar-refractivity contribution in [1.82, 2.24) is 4.31 Å². The van der Waals surface area contributed by atoms with Gasteiger partial charge in [0.25, 0.3) is 0 Å². The highest BCUT2D eigenvalue weighted by Gasteiger charge is 2.41. The number of nitrogens with zero attached hydrogens (tertiary/aromatic N) is 1. The zero-order valence-electron chi connectivity index (χ0n) is 12.7. The summed E-state index contributed by atoms with van der Waals surface area (Å²) in [5.74, 6) is -0.549. The number of hydrogen-bond acceptors (Lipinski definition) is 4. The van der Waals surface area contributed by atoms with E-state index in [1.54, 1.807) is 6.08 Å². The van der Waals surface area contributed by atoms with Crippen molar-refractivity contribution in [2.45, 2.75) is 25.6 Å². The normalized spacial score (nSPS) is 22.6. The Morgan fingerprint density at radius 1 is 1.09 bits per heavy atom. The van der Waals surface area contributed by atoms with E-state index in [-0.39, 0.29) is 0 Å². The number of benzene rings is 1. The number of rotatable bonds is 3. The standard InChI is InChI=1S/C16H21NO4S/c1-14-2-4-15(5-3-14)6-13-22(18,19)17-9-7-16(8-10-17)20-11-12-21-16/h2-6,13H,7-12H2,1H3/b13-6+. The van der Waals surface area contributed by atoms with E-state index in [1.807, 2.05) is 31.2 Å². The Kier molecular flexibility index (Phi) is 4.36. The zero-order chi connectivity index (χ0) is 15.6. The van der Waals surface area contributed by atoms with Gasteiger partial charge in [0.1, 0.15) is 0 Å². The Morgan fingerprint density at radius 3 is 2.27 bits per heavy atom. The van der Waals surface area contributed by atoms with Crippen LogP contribution in [0.25, 0.3) is 6.08 Å². The number of piperidine rings is 1. The average molecular weight is 323 g/mol. The first-order valence-electron chi connectivity index (χ1n) is 7.52. The van der Waals surface area contributed by atoms with Gasteiger partial charge in [0.2, 0.25) is 10.0 Å². The van der Waals surface area contributed by atoms with Gasteiger partial charge in [-0.05, 0) is 18.6 Å². The van der Waals surface area contributed by atoms with E-state index in [0.29, 0.717) is 39.1 Å². The largest absolute Gasteiger partial charge is 0.347 e. The molecule has 22 heavy (non-hydrogen) atoms. The third-order valence-electron chi connectivity index (χ3n) is 4.17. The second-order valence-corrected chi connectivity index (χ2v) is 7.58. The van der Waals surface area contributed by atoms with Crippen LogP contribution in [0.3, 0.4) is 0 Å².